The number of rotatable bonds is 8. The molecule has 1 fully saturated rings. The van der Waals surface area contributed by atoms with Crippen LogP contribution in [0.2, 0.25) is 0 Å². The lowest BCUT2D eigenvalue weighted by Crippen LogP contribution is -2.31. The van der Waals surface area contributed by atoms with Crippen molar-refractivity contribution in [2.75, 3.05) is 7.11 Å². The van der Waals surface area contributed by atoms with E-state index in [1.165, 1.54) is 11.8 Å². The summed E-state index contributed by atoms with van der Waals surface area (Å²) in [7, 11) is 1.64. The molecule has 1 amide bonds. The molecule has 0 radical (unpaired) electrons. The van der Waals surface area contributed by atoms with Gasteiger partial charge in [-0.3, -0.25) is 9.69 Å². The summed E-state index contributed by atoms with van der Waals surface area (Å²) < 4.78 is 6.23. The van der Waals surface area contributed by atoms with Crippen LogP contribution in [0.25, 0.3) is 0 Å². The van der Waals surface area contributed by atoms with E-state index in [4.69, 9.17) is 4.74 Å². The number of unbranched alkanes of at least 4 members (excludes halogenated alkanes) is 1. The minimum atomic E-state index is -0.0881. The highest BCUT2D eigenvalue weighted by atomic mass is 79.9. The standard InChI is InChI=1S/C22H24BrN3O2S/c1-3-4-5-20-21(27)26(15-17-8-12-19(28-2)13-9-17)22(29-20)25-24-14-16-6-10-18(23)11-7-16/h6-14,20H,3-5,15H2,1-2H3/b24-14-,25-22+/t20-/m0/s1. The number of carbonyl (C=O) groups is 1. The predicted octanol–water partition coefficient (Wildman–Crippen LogP) is 5.48. The number of benzene rings is 2. The number of methoxy groups -OCH3 is 1. The molecule has 0 spiro atoms. The highest BCUT2D eigenvalue weighted by Gasteiger charge is 2.37. The Morgan fingerprint density at radius 2 is 1.90 bits per heavy atom. The van der Waals surface area contributed by atoms with Gasteiger partial charge in [-0.2, -0.15) is 5.10 Å². The van der Waals surface area contributed by atoms with Crippen molar-refractivity contribution in [2.24, 2.45) is 10.2 Å². The Labute approximate surface area is 184 Å². The summed E-state index contributed by atoms with van der Waals surface area (Å²) >= 11 is 4.93. The number of nitrogens with zero attached hydrogens (tertiary/aromatic N) is 3. The lowest BCUT2D eigenvalue weighted by Gasteiger charge is -2.16. The summed E-state index contributed by atoms with van der Waals surface area (Å²) in [6.07, 6.45) is 4.65. The number of hydrogen-bond acceptors (Lipinski definition) is 5. The molecule has 0 aromatic heterocycles. The van der Waals surface area contributed by atoms with Crippen molar-refractivity contribution in [3.63, 3.8) is 0 Å². The smallest absolute Gasteiger partial charge is 0.242 e. The van der Waals surface area contributed by atoms with Gasteiger partial charge in [-0.1, -0.05) is 71.7 Å². The van der Waals surface area contributed by atoms with Gasteiger partial charge in [0.1, 0.15) is 5.75 Å². The number of thioether (sulfide) groups is 1. The van der Waals surface area contributed by atoms with Crippen LogP contribution in [0.3, 0.4) is 0 Å². The normalized spacial score (nSPS) is 18.2. The van der Waals surface area contributed by atoms with Crippen LogP contribution in [0.5, 0.6) is 5.75 Å². The first kappa shape index (κ1) is 21.6. The Hall–Kier alpha value is -2.12. The van der Waals surface area contributed by atoms with Crippen molar-refractivity contribution >= 4 is 45.0 Å². The number of carbonyl (C=O) groups excluding carboxylic acids is 1. The Morgan fingerprint density at radius 3 is 2.55 bits per heavy atom. The van der Waals surface area contributed by atoms with Crippen LogP contribution >= 0.6 is 27.7 Å². The predicted molar refractivity (Wildman–Crippen MR) is 124 cm³/mol. The van der Waals surface area contributed by atoms with Gasteiger partial charge in [-0.15, -0.1) is 5.10 Å². The summed E-state index contributed by atoms with van der Waals surface area (Å²) in [6.45, 7) is 2.61. The minimum Gasteiger partial charge on any atom is -0.497 e. The molecular weight excluding hydrogens is 450 g/mol. The first-order valence-corrected chi connectivity index (χ1v) is 11.3. The lowest BCUT2D eigenvalue weighted by atomic mass is 10.1. The summed E-state index contributed by atoms with van der Waals surface area (Å²) in [5.41, 5.74) is 1.98. The zero-order valence-electron chi connectivity index (χ0n) is 16.5. The van der Waals surface area contributed by atoms with E-state index in [1.807, 2.05) is 48.5 Å². The van der Waals surface area contributed by atoms with Gasteiger partial charge >= 0.3 is 0 Å². The third-order valence-electron chi connectivity index (χ3n) is 4.56. The summed E-state index contributed by atoms with van der Waals surface area (Å²) in [6, 6.07) is 15.6. The van der Waals surface area contributed by atoms with Crippen LogP contribution in [-0.2, 0) is 11.3 Å². The second kappa shape index (κ2) is 10.6. The van der Waals surface area contributed by atoms with Crippen LogP contribution in [0.4, 0.5) is 0 Å². The van der Waals surface area contributed by atoms with Gasteiger partial charge in [0.15, 0.2) is 5.17 Å². The zero-order chi connectivity index (χ0) is 20.6. The molecule has 29 heavy (non-hydrogen) atoms. The Balaban J connectivity index is 1.78. The first-order valence-electron chi connectivity index (χ1n) is 9.58. The average Bonchev–Trinajstić information content (AvgIpc) is 3.03. The maximum Gasteiger partial charge on any atom is 0.242 e. The van der Waals surface area contributed by atoms with Crippen molar-refractivity contribution in [1.29, 1.82) is 0 Å². The van der Waals surface area contributed by atoms with Gasteiger partial charge in [0.05, 0.1) is 25.1 Å². The number of ether oxygens (including phenoxy) is 1. The van der Waals surface area contributed by atoms with E-state index < -0.39 is 0 Å². The maximum absolute atomic E-state index is 13.0. The molecule has 3 rings (SSSR count). The van der Waals surface area contributed by atoms with E-state index in [0.717, 1.165) is 40.6 Å². The van der Waals surface area contributed by atoms with Crippen LogP contribution in [-0.4, -0.2) is 34.5 Å². The fraction of sp³-hybridized carbons (Fsp3) is 0.318. The molecule has 152 valence electrons. The third kappa shape index (κ3) is 5.93. The molecule has 5 nitrogen and oxygen atoms in total. The number of halogens is 1. The second-order valence-corrected chi connectivity index (χ2v) is 8.79. The monoisotopic (exact) mass is 473 g/mol. The van der Waals surface area contributed by atoms with Gasteiger partial charge in [0.2, 0.25) is 5.91 Å². The van der Waals surface area contributed by atoms with E-state index in [-0.39, 0.29) is 11.2 Å². The summed E-state index contributed by atoms with van der Waals surface area (Å²) in [5.74, 6) is 0.904. The highest BCUT2D eigenvalue weighted by Crippen LogP contribution is 2.32. The van der Waals surface area contributed by atoms with Crippen molar-refractivity contribution < 1.29 is 9.53 Å². The van der Waals surface area contributed by atoms with Crippen LogP contribution in [0.15, 0.2) is 63.2 Å². The molecule has 0 unspecified atom stereocenters. The van der Waals surface area contributed by atoms with Gasteiger partial charge in [0, 0.05) is 4.47 Å². The third-order valence-corrected chi connectivity index (χ3v) is 6.32. The molecule has 0 aliphatic carbocycles. The number of amidine groups is 1. The Bertz CT molecular complexity index is 882. The Kier molecular flexibility index (Phi) is 7.89. The molecule has 7 heteroatoms. The largest absolute Gasteiger partial charge is 0.497 e. The van der Waals surface area contributed by atoms with Crippen LogP contribution in [0, 0.1) is 0 Å². The molecule has 0 saturated carbocycles. The molecular formula is C22H24BrN3O2S. The number of amides is 1. The number of hydrogen-bond donors (Lipinski definition) is 0. The van der Waals surface area contributed by atoms with Crippen LogP contribution in [0.1, 0.15) is 37.3 Å². The SMILES string of the molecule is CCCC[C@@H]1S/C(=N/N=C\c2ccc(Br)cc2)N(Cc2ccc(OC)cc2)C1=O. The van der Waals surface area contributed by atoms with E-state index in [0.29, 0.717) is 11.7 Å². The molecule has 1 aliphatic heterocycles. The van der Waals surface area contributed by atoms with Crippen molar-refractivity contribution in [1.82, 2.24) is 4.90 Å². The van der Waals surface area contributed by atoms with Gasteiger partial charge < -0.3 is 4.74 Å². The fourth-order valence-electron chi connectivity index (χ4n) is 2.91. The minimum absolute atomic E-state index is 0.0881. The summed E-state index contributed by atoms with van der Waals surface area (Å²) in [5, 5.41) is 9.18. The molecule has 0 N–H and O–H groups in total. The van der Waals surface area contributed by atoms with Crippen molar-refractivity contribution in [3.05, 3.63) is 64.1 Å². The fourth-order valence-corrected chi connectivity index (χ4v) is 4.32. The first-order chi connectivity index (χ1) is 14.1. The molecule has 0 bridgehead atoms. The lowest BCUT2D eigenvalue weighted by molar-refractivity contribution is -0.126. The quantitative estimate of drug-likeness (QED) is 0.376. The highest BCUT2D eigenvalue weighted by molar-refractivity contribution is 9.10. The zero-order valence-corrected chi connectivity index (χ0v) is 18.9. The molecule has 1 atom stereocenters. The maximum atomic E-state index is 13.0. The Morgan fingerprint density at radius 1 is 1.17 bits per heavy atom. The molecule has 1 aliphatic rings. The van der Waals surface area contributed by atoms with E-state index in [1.54, 1.807) is 18.2 Å². The van der Waals surface area contributed by atoms with Gasteiger partial charge in [0.25, 0.3) is 0 Å². The van der Waals surface area contributed by atoms with E-state index >= 15 is 0 Å². The molecule has 2 aromatic carbocycles. The average molecular weight is 474 g/mol. The van der Waals surface area contributed by atoms with Crippen LogP contribution < -0.4 is 4.74 Å². The molecule has 1 heterocycles. The van der Waals surface area contributed by atoms with Crippen molar-refractivity contribution in [2.45, 2.75) is 38.0 Å². The molecule has 2 aromatic rings. The van der Waals surface area contributed by atoms with E-state index in [2.05, 4.69) is 33.1 Å². The van der Waals surface area contributed by atoms with Crippen molar-refractivity contribution in [3.8, 4) is 5.75 Å². The van der Waals surface area contributed by atoms with Gasteiger partial charge in [-0.25, -0.2) is 0 Å². The second-order valence-electron chi connectivity index (χ2n) is 6.70. The van der Waals surface area contributed by atoms with Gasteiger partial charge in [-0.05, 0) is 41.8 Å². The topological polar surface area (TPSA) is 54.3 Å². The summed E-state index contributed by atoms with van der Waals surface area (Å²) in [4.78, 5) is 14.7. The molecule has 1 saturated heterocycles. The van der Waals surface area contributed by atoms with E-state index in [9.17, 15) is 4.79 Å².